The third-order valence-corrected chi connectivity index (χ3v) is 6.74. The normalized spacial score (nSPS) is 38.6. The van der Waals surface area contributed by atoms with Crippen LogP contribution in [-0.4, -0.2) is 41.5 Å². The third-order valence-electron chi connectivity index (χ3n) is 6.74. The zero-order chi connectivity index (χ0) is 15.2. The van der Waals surface area contributed by atoms with Crippen LogP contribution in [0, 0.1) is 12.8 Å². The maximum Gasteiger partial charge on any atom is 0.174 e. The van der Waals surface area contributed by atoms with E-state index in [9.17, 15) is 9.90 Å². The van der Waals surface area contributed by atoms with Gasteiger partial charge < -0.3 is 14.7 Å². The number of ether oxygens (including phenoxy) is 1. The van der Waals surface area contributed by atoms with Crippen molar-refractivity contribution in [1.82, 2.24) is 4.90 Å². The maximum absolute atomic E-state index is 12.6. The number of hydrogen-bond donors (Lipinski definition) is 1. The van der Waals surface area contributed by atoms with Crippen molar-refractivity contribution in [3.05, 3.63) is 22.8 Å². The molecule has 0 radical (unpaired) electrons. The first-order chi connectivity index (χ1) is 10.5. The molecule has 2 bridgehead atoms. The summed E-state index contributed by atoms with van der Waals surface area (Å²) in [5, 5.41) is 10.4. The Labute approximate surface area is 130 Å². The Morgan fingerprint density at radius 3 is 3.09 bits per heavy atom. The molecule has 2 aliphatic carbocycles. The minimum atomic E-state index is -0.371. The first-order valence-electron chi connectivity index (χ1n) is 8.29. The van der Waals surface area contributed by atoms with Gasteiger partial charge in [-0.1, -0.05) is 0 Å². The van der Waals surface area contributed by atoms with Gasteiger partial charge in [0, 0.05) is 23.4 Å². The molecule has 4 aliphatic rings. The molecule has 4 atom stereocenters. The molecule has 5 rings (SSSR count). The Bertz CT molecular complexity index is 713. The van der Waals surface area contributed by atoms with Gasteiger partial charge in [0.2, 0.25) is 0 Å². The number of carbonyl (C=O) groups excluding carboxylic acids is 1. The molecule has 4 heteroatoms. The number of ketones is 1. The second kappa shape index (κ2) is 3.85. The first kappa shape index (κ1) is 12.9. The predicted octanol–water partition coefficient (Wildman–Crippen LogP) is 1.94. The van der Waals surface area contributed by atoms with Crippen LogP contribution in [-0.2, 0) is 16.6 Å². The van der Waals surface area contributed by atoms with E-state index in [-0.39, 0.29) is 23.1 Å². The fraction of sp³-hybridized carbons (Fsp3) is 0.611. The first-order valence-corrected chi connectivity index (χ1v) is 8.29. The van der Waals surface area contributed by atoms with Crippen LogP contribution in [0.4, 0.5) is 0 Å². The van der Waals surface area contributed by atoms with Gasteiger partial charge in [-0.25, -0.2) is 0 Å². The molecule has 1 N–H and O–H groups in total. The van der Waals surface area contributed by atoms with E-state index in [1.165, 1.54) is 11.1 Å². The highest BCUT2D eigenvalue weighted by atomic mass is 16.5. The van der Waals surface area contributed by atoms with Crippen LogP contribution in [0.15, 0.2) is 6.07 Å². The number of hydrogen-bond acceptors (Lipinski definition) is 4. The van der Waals surface area contributed by atoms with Gasteiger partial charge in [-0.3, -0.25) is 4.79 Å². The Hall–Kier alpha value is -1.55. The average molecular weight is 299 g/mol. The highest BCUT2D eigenvalue weighted by Crippen LogP contribution is 2.63. The van der Waals surface area contributed by atoms with Crippen LogP contribution < -0.4 is 4.74 Å². The molecule has 1 aromatic rings. The summed E-state index contributed by atoms with van der Waals surface area (Å²) >= 11 is 0. The number of Topliss-reactive ketones (excluding diaryl/α,β-unsaturated/α-hetero) is 1. The molecule has 2 aliphatic heterocycles. The largest absolute Gasteiger partial charge is 0.504 e. The van der Waals surface area contributed by atoms with E-state index >= 15 is 0 Å². The molecule has 1 saturated heterocycles. The van der Waals surface area contributed by atoms with Gasteiger partial charge in [0.05, 0.1) is 0 Å². The minimum Gasteiger partial charge on any atom is -0.504 e. The summed E-state index contributed by atoms with van der Waals surface area (Å²) in [7, 11) is 2.21. The lowest BCUT2D eigenvalue weighted by Crippen LogP contribution is -2.65. The number of likely N-dealkylation sites (N-methyl/N-ethyl adjacent to an activating group) is 1. The number of likely N-dealkylation sites (tertiary alicyclic amines) is 1. The highest BCUT2D eigenvalue weighted by molar-refractivity contribution is 5.89. The molecule has 22 heavy (non-hydrogen) atoms. The Morgan fingerprint density at radius 2 is 2.27 bits per heavy atom. The van der Waals surface area contributed by atoms with Gasteiger partial charge in [0.1, 0.15) is 0 Å². The van der Waals surface area contributed by atoms with Crippen molar-refractivity contribution in [3.8, 4) is 11.5 Å². The summed E-state index contributed by atoms with van der Waals surface area (Å²) in [6.07, 6.45) is 3.18. The van der Waals surface area contributed by atoms with Crippen LogP contribution in [0.3, 0.4) is 0 Å². The lowest BCUT2D eigenvalue weighted by Gasteiger charge is -2.57. The van der Waals surface area contributed by atoms with Gasteiger partial charge >= 0.3 is 0 Å². The second-order valence-electron chi connectivity index (χ2n) is 7.55. The Morgan fingerprint density at radius 1 is 1.45 bits per heavy atom. The summed E-state index contributed by atoms with van der Waals surface area (Å²) in [6.45, 7) is 3.07. The lowest BCUT2D eigenvalue weighted by atomic mass is 9.51. The summed E-state index contributed by atoms with van der Waals surface area (Å²) in [5.41, 5.74) is 3.45. The van der Waals surface area contributed by atoms with E-state index < -0.39 is 0 Å². The average Bonchev–Trinajstić information content (AvgIpc) is 2.83. The smallest absolute Gasteiger partial charge is 0.174 e. The molecule has 0 aromatic heterocycles. The van der Waals surface area contributed by atoms with Crippen molar-refractivity contribution >= 4 is 5.78 Å². The van der Waals surface area contributed by atoms with Gasteiger partial charge in [0.15, 0.2) is 23.4 Å². The molecule has 1 spiro atoms. The van der Waals surface area contributed by atoms with Crippen molar-refractivity contribution in [2.24, 2.45) is 5.92 Å². The molecule has 4 nitrogen and oxygen atoms in total. The van der Waals surface area contributed by atoms with Gasteiger partial charge in [-0.15, -0.1) is 0 Å². The van der Waals surface area contributed by atoms with E-state index in [1.54, 1.807) is 0 Å². The standard InChI is InChI=1S/C18H21NO3/c1-9-7-14(21)16-15-10(9)8-12-11-3-4-13(20)17(22-16)18(11,15)5-6-19(12)2/h7,11-12,17,21H,3-6,8H2,1-2H3/t11-,12+,17-,18-/m0/s1. The van der Waals surface area contributed by atoms with Crippen LogP contribution in [0.1, 0.15) is 36.0 Å². The van der Waals surface area contributed by atoms with Crippen LogP contribution >= 0.6 is 0 Å². The number of piperidine rings is 1. The Kier molecular flexibility index (Phi) is 2.27. The molecule has 1 aromatic carbocycles. The van der Waals surface area contributed by atoms with Gasteiger partial charge in [0.25, 0.3) is 0 Å². The summed E-state index contributed by atoms with van der Waals surface area (Å²) in [6, 6.07) is 2.30. The number of aryl methyl sites for hydroxylation is 1. The summed E-state index contributed by atoms with van der Waals surface area (Å²) in [4.78, 5) is 15.0. The summed E-state index contributed by atoms with van der Waals surface area (Å²) < 4.78 is 6.09. The molecule has 2 heterocycles. The molecule has 2 fully saturated rings. The molecular formula is C18H21NO3. The lowest BCUT2D eigenvalue weighted by molar-refractivity contribution is -0.138. The van der Waals surface area contributed by atoms with Crippen LogP contribution in [0.2, 0.25) is 0 Å². The van der Waals surface area contributed by atoms with E-state index in [2.05, 4.69) is 18.9 Å². The van der Waals surface area contributed by atoms with E-state index in [4.69, 9.17) is 4.74 Å². The number of carbonyl (C=O) groups is 1. The zero-order valence-corrected chi connectivity index (χ0v) is 13.1. The topological polar surface area (TPSA) is 49.8 Å². The molecule has 116 valence electrons. The fourth-order valence-electron chi connectivity index (χ4n) is 5.79. The quantitative estimate of drug-likeness (QED) is 0.795. The molecule has 1 saturated carbocycles. The van der Waals surface area contributed by atoms with Crippen molar-refractivity contribution < 1.29 is 14.6 Å². The predicted molar refractivity (Wildman–Crippen MR) is 81.4 cm³/mol. The number of aromatic hydroxyl groups is 1. The van der Waals surface area contributed by atoms with E-state index in [0.717, 1.165) is 31.4 Å². The zero-order valence-electron chi connectivity index (χ0n) is 13.1. The van der Waals surface area contributed by atoms with Gasteiger partial charge in [-0.05, 0) is 62.9 Å². The van der Waals surface area contributed by atoms with E-state index in [0.29, 0.717) is 24.1 Å². The fourth-order valence-corrected chi connectivity index (χ4v) is 5.79. The number of nitrogens with zero attached hydrogens (tertiary/aromatic N) is 1. The molecular weight excluding hydrogens is 278 g/mol. The number of phenolic OH excluding ortho intramolecular Hbond substituents is 1. The second-order valence-corrected chi connectivity index (χ2v) is 7.55. The van der Waals surface area contributed by atoms with Crippen molar-refractivity contribution in [2.45, 2.75) is 50.2 Å². The number of phenols is 1. The number of benzene rings is 1. The van der Waals surface area contributed by atoms with E-state index in [1.807, 2.05) is 6.07 Å². The Balaban J connectivity index is 1.86. The van der Waals surface area contributed by atoms with Crippen molar-refractivity contribution in [3.63, 3.8) is 0 Å². The molecule has 0 amide bonds. The van der Waals surface area contributed by atoms with Crippen LogP contribution in [0.25, 0.3) is 0 Å². The summed E-state index contributed by atoms with van der Waals surface area (Å²) in [5.74, 6) is 1.52. The van der Waals surface area contributed by atoms with Crippen molar-refractivity contribution in [1.29, 1.82) is 0 Å². The molecule has 0 unspecified atom stereocenters. The monoisotopic (exact) mass is 299 g/mol. The van der Waals surface area contributed by atoms with Crippen molar-refractivity contribution in [2.75, 3.05) is 13.6 Å². The minimum absolute atomic E-state index is 0.182. The van der Waals surface area contributed by atoms with Gasteiger partial charge in [-0.2, -0.15) is 0 Å². The third kappa shape index (κ3) is 1.23. The number of rotatable bonds is 0. The van der Waals surface area contributed by atoms with Crippen LogP contribution in [0.5, 0.6) is 11.5 Å². The maximum atomic E-state index is 12.6. The highest BCUT2D eigenvalue weighted by Gasteiger charge is 2.65. The SMILES string of the molecule is Cc1cc(O)c2c3c1C[C@@H]1[C@@H]4CCC(=O)[C@H](O2)[C@]34CCN1C.